The zero-order chi connectivity index (χ0) is 10.1. The first-order valence-corrected chi connectivity index (χ1v) is 4.76. The van der Waals surface area contributed by atoms with Gasteiger partial charge in [-0.05, 0) is 5.92 Å². The van der Waals surface area contributed by atoms with E-state index in [1.54, 1.807) is 0 Å². The molecule has 0 aliphatic heterocycles. The van der Waals surface area contributed by atoms with Crippen molar-refractivity contribution in [1.82, 2.24) is 4.98 Å². The van der Waals surface area contributed by atoms with E-state index in [2.05, 4.69) is 4.98 Å². The third-order valence-corrected chi connectivity index (χ3v) is 2.35. The molecule has 2 heteroatoms. The van der Waals surface area contributed by atoms with Crippen LogP contribution in [0, 0.1) is 0 Å². The number of hydrogen-bond donors (Lipinski definition) is 1. The largest absolute Gasteiger partial charge is 0.505 e. The molecule has 0 spiro atoms. The second-order valence-electron chi connectivity index (χ2n) is 3.73. The van der Waals surface area contributed by atoms with Crippen molar-refractivity contribution in [3.05, 3.63) is 36.2 Å². The maximum absolute atomic E-state index is 9.96. The van der Waals surface area contributed by atoms with Gasteiger partial charge < -0.3 is 5.11 Å². The van der Waals surface area contributed by atoms with Gasteiger partial charge in [-0.1, -0.05) is 38.1 Å². The van der Waals surface area contributed by atoms with Crippen molar-refractivity contribution in [3.63, 3.8) is 0 Å². The Hall–Kier alpha value is -1.57. The predicted molar refractivity (Wildman–Crippen MR) is 57.5 cm³/mol. The normalized spacial score (nSPS) is 11.1. The molecule has 1 N–H and O–H groups in total. The summed E-state index contributed by atoms with van der Waals surface area (Å²) in [7, 11) is 0. The highest BCUT2D eigenvalue weighted by molar-refractivity contribution is 5.88. The summed E-state index contributed by atoms with van der Waals surface area (Å²) in [6.45, 7) is 4.05. The summed E-state index contributed by atoms with van der Waals surface area (Å²) in [5.74, 6) is 0.567. The van der Waals surface area contributed by atoms with E-state index in [4.69, 9.17) is 0 Å². The van der Waals surface area contributed by atoms with Crippen LogP contribution in [-0.4, -0.2) is 10.1 Å². The van der Waals surface area contributed by atoms with E-state index in [-0.39, 0.29) is 5.92 Å². The van der Waals surface area contributed by atoms with Gasteiger partial charge in [0.25, 0.3) is 0 Å². The van der Waals surface area contributed by atoms with E-state index in [0.717, 1.165) is 16.5 Å². The van der Waals surface area contributed by atoms with Crippen LogP contribution in [0.25, 0.3) is 10.8 Å². The molecule has 0 aliphatic rings. The lowest BCUT2D eigenvalue weighted by molar-refractivity contribution is 0.467. The quantitative estimate of drug-likeness (QED) is 0.744. The van der Waals surface area contributed by atoms with Gasteiger partial charge in [0.2, 0.25) is 0 Å². The van der Waals surface area contributed by atoms with Crippen molar-refractivity contribution in [2.45, 2.75) is 19.8 Å². The minimum atomic E-state index is 0.250. The van der Waals surface area contributed by atoms with E-state index in [0.29, 0.717) is 5.75 Å². The number of aromatic hydroxyl groups is 1. The van der Waals surface area contributed by atoms with Crippen LogP contribution in [0.4, 0.5) is 0 Å². The van der Waals surface area contributed by atoms with Crippen LogP contribution < -0.4 is 0 Å². The molecule has 0 radical (unpaired) electrons. The van der Waals surface area contributed by atoms with Crippen molar-refractivity contribution in [2.75, 3.05) is 0 Å². The van der Waals surface area contributed by atoms with Crippen molar-refractivity contribution >= 4 is 10.8 Å². The molecule has 1 aromatic heterocycles. The van der Waals surface area contributed by atoms with Gasteiger partial charge in [-0.25, -0.2) is 0 Å². The number of rotatable bonds is 1. The lowest BCUT2D eigenvalue weighted by atomic mass is 10.0. The number of pyridine rings is 1. The molecule has 0 bridgehead atoms. The average Bonchev–Trinajstić information content (AvgIpc) is 2.18. The van der Waals surface area contributed by atoms with E-state index in [1.165, 1.54) is 0 Å². The maximum Gasteiger partial charge on any atom is 0.145 e. The fourth-order valence-electron chi connectivity index (χ4n) is 1.59. The maximum atomic E-state index is 9.96. The van der Waals surface area contributed by atoms with Gasteiger partial charge in [0.15, 0.2) is 0 Å². The predicted octanol–water partition coefficient (Wildman–Crippen LogP) is 3.06. The van der Waals surface area contributed by atoms with E-state index in [1.807, 2.05) is 44.3 Å². The van der Waals surface area contributed by atoms with Gasteiger partial charge in [-0.3, -0.25) is 4.98 Å². The molecule has 0 saturated heterocycles. The zero-order valence-corrected chi connectivity index (χ0v) is 8.36. The minimum Gasteiger partial charge on any atom is -0.505 e. The van der Waals surface area contributed by atoms with Crippen LogP contribution in [-0.2, 0) is 0 Å². The first kappa shape index (κ1) is 9.00. The average molecular weight is 187 g/mol. The lowest BCUT2D eigenvalue weighted by Gasteiger charge is -2.09. The molecule has 2 aromatic rings. The molecule has 1 aromatic carbocycles. The Balaban J connectivity index is 2.75. The van der Waals surface area contributed by atoms with E-state index < -0.39 is 0 Å². The van der Waals surface area contributed by atoms with Crippen molar-refractivity contribution in [3.8, 4) is 5.75 Å². The van der Waals surface area contributed by atoms with Crippen molar-refractivity contribution in [1.29, 1.82) is 0 Å². The fourth-order valence-corrected chi connectivity index (χ4v) is 1.59. The van der Waals surface area contributed by atoms with Crippen LogP contribution in [0.2, 0.25) is 0 Å². The number of aromatic nitrogens is 1. The molecule has 2 rings (SSSR count). The molecule has 2 nitrogen and oxygen atoms in total. The molecular formula is C12H13NO. The third kappa shape index (κ3) is 1.33. The van der Waals surface area contributed by atoms with E-state index in [9.17, 15) is 5.11 Å². The van der Waals surface area contributed by atoms with Crippen LogP contribution in [0.5, 0.6) is 5.75 Å². The monoisotopic (exact) mass is 187 g/mol. The van der Waals surface area contributed by atoms with Crippen LogP contribution in [0.3, 0.4) is 0 Å². The van der Waals surface area contributed by atoms with Gasteiger partial charge in [-0.2, -0.15) is 0 Å². The standard InChI is InChI=1S/C12H13NO/c1-8(2)11-12(14)10-6-4-3-5-9(10)7-13-11/h3-8,14H,1-2H3. The minimum absolute atomic E-state index is 0.250. The van der Waals surface area contributed by atoms with Crippen LogP contribution >= 0.6 is 0 Å². The summed E-state index contributed by atoms with van der Waals surface area (Å²) in [4.78, 5) is 4.26. The first-order valence-electron chi connectivity index (χ1n) is 4.76. The van der Waals surface area contributed by atoms with E-state index >= 15 is 0 Å². The molecule has 0 fully saturated rings. The number of fused-ring (bicyclic) bond motifs is 1. The van der Waals surface area contributed by atoms with Gasteiger partial charge in [0.05, 0.1) is 5.69 Å². The Labute approximate surface area is 83.2 Å². The van der Waals surface area contributed by atoms with Gasteiger partial charge >= 0.3 is 0 Å². The second-order valence-corrected chi connectivity index (χ2v) is 3.73. The molecule has 0 atom stereocenters. The Morgan fingerprint density at radius 1 is 1.21 bits per heavy atom. The highest BCUT2D eigenvalue weighted by Gasteiger charge is 2.10. The smallest absolute Gasteiger partial charge is 0.145 e. The van der Waals surface area contributed by atoms with Gasteiger partial charge in [0, 0.05) is 17.0 Å². The van der Waals surface area contributed by atoms with Crippen molar-refractivity contribution in [2.24, 2.45) is 0 Å². The fraction of sp³-hybridized carbons (Fsp3) is 0.250. The molecule has 0 unspecified atom stereocenters. The highest BCUT2D eigenvalue weighted by Crippen LogP contribution is 2.30. The number of nitrogens with zero attached hydrogens (tertiary/aromatic N) is 1. The molecule has 14 heavy (non-hydrogen) atoms. The Morgan fingerprint density at radius 3 is 2.64 bits per heavy atom. The third-order valence-electron chi connectivity index (χ3n) is 2.35. The summed E-state index contributed by atoms with van der Waals surface area (Å²) in [6.07, 6.45) is 1.81. The Bertz CT molecular complexity index is 463. The topological polar surface area (TPSA) is 33.1 Å². The first-order chi connectivity index (χ1) is 6.70. The zero-order valence-electron chi connectivity index (χ0n) is 8.36. The summed E-state index contributed by atoms with van der Waals surface area (Å²) >= 11 is 0. The molecule has 1 heterocycles. The van der Waals surface area contributed by atoms with Crippen LogP contribution in [0.1, 0.15) is 25.5 Å². The summed E-state index contributed by atoms with van der Waals surface area (Å²) in [5, 5.41) is 11.8. The molecule has 0 saturated carbocycles. The summed E-state index contributed by atoms with van der Waals surface area (Å²) in [6, 6.07) is 7.73. The number of benzene rings is 1. The number of hydrogen-bond acceptors (Lipinski definition) is 2. The second kappa shape index (κ2) is 3.29. The molecule has 72 valence electrons. The van der Waals surface area contributed by atoms with Gasteiger partial charge in [0.1, 0.15) is 5.75 Å². The highest BCUT2D eigenvalue weighted by atomic mass is 16.3. The van der Waals surface area contributed by atoms with Gasteiger partial charge in [-0.15, -0.1) is 0 Å². The van der Waals surface area contributed by atoms with Crippen molar-refractivity contribution < 1.29 is 5.11 Å². The Morgan fingerprint density at radius 2 is 1.93 bits per heavy atom. The van der Waals surface area contributed by atoms with Crippen LogP contribution in [0.15, 0.2) is 30.5 Å². The molecule has 0 amide bonds. The Kier molecular flexibility index (Phi) is 2.12. The molecule has 0 aliphatic carbocycles. The summed E-state index contributed by atoms with van der Waals surface area (Å²) in [5.41, 5.74) is 0.767. The molecular weight excluding hydrogens is 174 g/mol. The lowest BCUT2D eigenvalue weighted by Crippen LogP contribution is -1.93. The SMILES string of the molecule is CC(C)c1ncc2ccccc2c1O. The summed E-state index contributed by atoms with van der Waals surface area (Å²) < 4.78 is 0.